The highest BCUT2D eigenvalue weighted by molar-refractivity contribution is 5.83. The van der Waals surface area contributed by atoms with Gasteiger partial charge < -0.3 is 30.8 Å². The van der Waals surface area contributed by atoms with Crippen LogP contribution in [0.25, 0.3) is 0 Å². The number of hydrogen-bond donors (Lipinski definition) is 2. The smallest absolute Gasteiger partial charge is 0.201 e. The van der Waals surface area contributed by atoms with Crippen molar-refractivity contribution < 1.29 is 0 Å². The first-order chi connectivity index (χ1) is 16.4. The zero-order chi connectivity index (χ0) is 24.0. The number of fused-ring (bicyclic) bond motifs is 1. The zero-order valence-electron chi connectivity index (χ0n) is 21.1. The largest absolute Gasteiger partial charge is 0.388 e. The van der Waals surface area contributed by atoms with E-state index in [9.17, 15) is 0 Å². The van der Waals surface area contributed by atoms with Gasteiger partial charge in [-0.15, -0.1) is 0 Å². The van der Waals surface area contributed by atoms with E-state index in [4.69, 9.17) is 10.7 Å². The lowest BCUT2D eigenvalue weighted by atomic mass is 9.88. The van der Waals surface area contributed by atoms with Gasteiger partial charge in [0.05, 0.1) is 17.8 Å². The summed E-state index contributed by atoms with van der Waals surface area (Å²) in [6, 6.07) is 9.44. The normalized spacial score (nSPS) is 26.2. The molecule has 2 atom stereocenters. The number of nitrogens with two attached hydrogens (primary N) is 1. The van der Waals surface area contributed by atoms with Gasteiger partial charge >= 0.3 is 0 Å². The lowest BCUT2D eigenvalue weighted by Crippen LogP contribution is -2.51. The summed E-state index contributed by atoms with van der Waals surface area (Å²) in [4.78, 5) is 12.1. The topological polar surface area (TPSA) is 66.6 Å². The second-order valence-electron chi connectivity index (χ2n) is 9.92. The summed E-state index contributed by atoms with van der Waals surface area (Å²) in [6.45, 7) is 2.79. The van der Waals surface area contributed by atoms with Gasteiger partial charge in [-0.1, -0.05) is 18.2 Å². The summed E-state index contributed by atoms with van der Waals surface area (Å²) in [7, 11) is 10.6. The number of benzene rings is 1. The van der Waals surface area contributed by atoms with E-state index in [1.54, 1.807) is 0 Å². The van der Waals surface area contributed by atoms with Crippen LogP contribution in [0.4, 0.5) is 5.69 Å². The van der Waals surface area contributed by atoms with Crippen LogP contribution in [0.3, 0.4) is 0 Å². The highest BCUT2D eigenvalue weighted by Gasteiger charge is 2.37. The maximum atomic E-state index is 6.18. The van der Waals surface area contributed by atoms with Gasteiger partial charge in [0, 0.05) is 84.6 Å². The molecule has 0 aromatic heterocycles. The molecule has 1 aromatic rings. The molecule has 1 saturated heterocycles. The van der Waals surface area contributed by atoms with Crippen LogP contribution in [0.2, 0.25) is 0 Å². The molecule has 4 aliphatic heterocycles. The number of guanidine groups is 1. The van der Waals surface area contributed by atoms with Crippen molar-refractivity contribution in [2.24, 2.45) is 10.7 Å². The fraction of sp³-hybridized carbons (Fsp3) is 0.500. The molecular formula is C26H38N8. The summed E-state index contributed by atoms with van der Waals surface area (Å²) in [5.74, 6) is 1.04. The van der Waals surface area contributed by atoms with Crippen molar-refractivity contribution in [3.63, 3.8) is 0 Å². The Kier molecular flexibility index (Phi) is 6.04. The molecule has 0 spiro atoms. The van der Waals surface area contributed by atoms with E-state index < -0.39 is 0 Å². The molecule has 182 valence electrons. The van der Waals surface area contributed by atoms with Crippen LogP contribution >= 0.6 is 0 Å². The van der Waals surface area contributed by atoms with Crippen LogP contribution in [0.5, 0.6) is 0 Å². The lowest BCUT2D eigenvalue weighted by molar-refractivity contribution is 0.0839. The number of hydrogen-bond acceptors (Lipinski definition) is 8. The Morgan fingerprint density at radius 1 is 1.03 bits per heavy atom. The molecule has 34 heavy (non-hydrogen) atoms. The number of nitrogens with zero attached hydrogens (tertiary/aromatic N) is 6. The Morgan fingerprint density at radius 2 is 1.74 bits per heavy atom. The third-order valence-electron chi connectivity index (χ3n) is 7.75. The third kappa shape index (κ3) is 3.95. The SMILES string of the molecule is CNc1ccc(C2C(C3=CC4C(=CN(C)N4C)N(C)C3)=CN=C(N3CCC(N)CC3)N2C)cc1. The molecule has 4 aliphatic rings. The number of aliphatic imine (C=N–C) groups is 1. The van der Waals surface area contributed by atoms with E-state index in [0.29, 0.717) is 6.04 Å². The number of hydrazine groups is 1. The summed E-state index contributed by atoms with van der Waals surface area (Å²) in [6.07, 6.45) is 8.79. The van der Waals surface area contributed by atoms with E-state index in [2.05, 4.69) is 101 Å². The average Bonchev–Trinajstić information content (AvgIpc) is 3.14. The monoisotopic (exact) mass is 462 g/mol. The van der Waals surface area contributed by atoms with Gasteiger partial charge in [-0.05, 0) is 36.1 Å². The Bertz CT molecular complexity index is 1030. The predicted octanol–water partition coefficient (Wildman–Crippen LogP) is 2.25. The lowest BCUT2D eigenvalue weighted by Gasteiger charge is -2.43. The van der Waals surface area contributed by atoms with E-state index in [1.165, 1.54) is 22.4 Å². The minimum atomic E-state index is 0.101. The molecule has 3 N–H and O–H groups in total. The summed E-state index contributed by atoms with van der Waals surface area (Å²) >= 11 is 0. The van der Waals surface area contributed by atoms with Crippen LogP contribution in [0.15, 0.2) is 64.6 Å². The minimum absolute atomic E-state index is 0.101. The van der Waals surface area contributed by atoms with Crippen molar-refractivity contribution in [3.05, 3.63) is 65.1 Å². The van der Waals surface area contributed by atoms with Crippen molar-refractivity contribution in [2.45, 2.75) is 31.0 Å². The quantitative estimate of drug-likeness (QED) is 0.714. The molecule has 2 unspecified atom stereocenters. The first-order valence-electron chi connectivity index (χ1n) is 12.3. The third-order valence-corrected chi connectivity index (χ3v) is 7.75. The van der Waals surface area contributed by atoms with Gasteiger partial charge in [0.1, 0.15) is 0 Å². The van der Waals surface area contributed by atoms with Crippen LogP contribution in [0.1, 0.15) is 24.4 Å². The molecule has 0 bridgehead atoms. The number of likely N-dealkylation sites (tertiary alicyclic amines) is 1. The molecule has 8 nitrogen and oxygen atoms in total. The number of nitrogens with one attached hydrogen (secondary N) is 1. The summed E-state index contributed by atoms with van der Waals surface area (Å²) in [5, 5.41) is 7.69. The van der Waals surface area contributed by atoms with Crippen LogP contribution in [-0.4, -0.2) is 97.6 Å². The second-order valence-corrected chi connectivity index (χ2v) is 9.92. The molecule has 4 heterocycles. The standard InChI is InChI=1S/C26H38N8/c1-28-21-8-6-18(7-9-21)25-22(15-29-26(32(25)4)34-12-10-20(27)11-13-34)19-14-23-24(30(2)16-19)17-31(3)33(23)5/h6-9,14-15,17,20,23,25,28H,10-13,16,27H2,1-5H3. The van der Waals surface area contributed by atoms with Gasteiger partial charge in [-0.3, -0.25) is 0 Å². The molecule has 1 fully saturated rings. The van der Waals surface area contributed by atoms with Gasteiger partial charge in [0.15, 0.2) is 0 Å². The molecule has 0 saturated carbocycles. The van der Waals surface area contributed by atoms with Gasteiger partial charge in [0.2, 0.25) is 5.96 Å². The van der Waals surface area contributed by atoms with Gasteiger partial charge in [-0.25, -0.2) is 10.0 Å². The predicted molar refractivity (Wildman–Crippen MR) is 139 cm³/mol. The average molecular weight is 463 g/mol. The Hall–Kier alpha value is -2.97. The van der Waals surface area contributed by atoms with Crippen LogP contribution in [-0.2, 0) is 0 Å². The van der Waals surface area contributed by atoms with Crippen molar-refractivity contribution in [1.29, 1.82) is 0 Å². The van der Waals surface area contributed by atoms with Crippen molar-refractivity contribution in [3.8, 4) is 0 Å². The van der Waals surface area contributed by atoms with E-state index >= 15 is 0 Å². The highest BCUT2D eigenvalue weighted by atomic mass is 15.6. The fourth-order valence-electron chi connectivity index (χ4n) is 5.55. The molecule has 8 heteroatoms. The number of likely N-dealkylation sites (N-methyl/N-ethyl adjacent to an activating group) is 3. The fourth-order valence-corrected chi connectivity index (χ4v) is 5.55. The second kappa shape index (κ2) is 9.00. The Morgan fingerprint density at radius 3 is 2.41 bits per heavy atom. The summed E-state index contributed by atoms with van der Waals surface area (Å²) < 4.78 is 0. The Labute approximate surface area is 203 Å². The van der Waals surface area contributed by atoms with E-state index in [-0.39, 0.29) is 12.1 Å². The Balaban J connectivity index is 1.54. The molecule has 0 amide bonds. The summed E-state index contributed by atoms with van der Waals surface area (Å²) in [5.41, 5.74) is 12.5. The maximum absolute atomic E-state index is 6.18. The zero-order valence-corrected chi connectivity index (χ0v) is 21.1. The minimum Gasteiger partial charge on any atom is -0.388 e. The molecule has 0 radical (unpaired) electrons. The number of rotatable bonds is 3. The highest BCUT2D eigenvalue weighted by Crippen LogP contribution is 2.40. The van der Waals surface area contributed by atoms with Crippen molar-refractivity contribution in [2.75, 3.05) is 60.2 Å². The van der Waals surface area contributed by atoms with Crippen molar-refractivity contribution >= 4 is 11.6 Å². The van der Waals surface area contributed by atoms with Crippen LogP contribution < -0.4 is 11.1 Å². The first kappa shape index (κ1) is 22.8. The number of piperidine rings is 1. The van der Waals surface area contributed by atoms with E-state index in [1.807, 2.05) is 7.05 Å². The first-order valence-corrected chi connectivity index (χ1v) is 12.3. The molecular weight excluding hydrogens is 424 g/mol. The van der Waals surface area contributed by atoms with Crippen LogP contribution in [0, 0.1) is 0 Å². The molecule has 1 aromatic carbocycles. The van der Waals surface area contributed by atoms with Gasteiger partial charge in [-0.2, -0.15) is 0 Å². The molecule has 5 rings (SSSR count). The molecule has 0 aliphatic carbocycles. The van der Waals surface area contributed by atoms with Crippen molar-refractivity contribution in [1.82, 2.24) is 24.7 Å². The van der Waals surface area contributed by atoms with Gasteiger partial charge in [0.25, 0.3) is 0 Å². The van der Waals surface area contributed by atoms with E-state index in [0.717, 1.165) is 44.1 Å². The number of anilines is 1. The maximum Gasteiger partial charge on any atom is 0.201 e.